The highest BCUT2D eigenvalue weighted by Gasteiger charge is 2.16. The predicted molar refractivity (Wildman–Crippen MR) is 75.8 cm³/mol. The van der Waals surface area contributed by atoms with Gasteiger partial charge in [-0.15, -0.1) is 0 Å². The summed E-state index contributed by atoms with van der Waals surface area (Å²) in [5, 5.41) is 5.23. The van der Waals surface area contributed by atoms with Crippen molar-refractivity contribution < 1.29 is 14.4 Å². The number of primary amides is 1. The molecule has 0 aliphatic rings. The van der Waals surface area contributed by atoms with E-state index < -0.39 is 17.9 Å². The number of carbonyl (C=O) groups is 3. The third-order valence-corrected chi connectivity index (χ3v) is 2.49. The standard InChI is InChI=1S/C13H18N4O3/c1-2-12(19)16-8-4-3-5-9(6-8)17-13(20)10(14)7-11(15)18/h3-6,10H,2,7,14H2,1H3,(H2,15,18)(H,16,19)(H,17,20). The van der Waals surface area contributed by atoms with Crippen LogP contribution in [-0.2, 0) is 14.4 Å². The van der Waals surface area contributed by atoms with Crippen LogP contribution in [0.5, 0.6) is 0 Å². The Bertz CT molecular complexity index is 516. The Morgan fingerprint density at radius 1 is 1.20 bits per heavy atom. The lowest BCUT2D eigenvalue weighted by atomic mass is 10.2. The smallest absolute Gasteiger partial charge is 0.241 e. The van der Waals surface area contributed by atoms with Crippen LogP contribution in [-0.4, -0.2) is 23.8 Å². The van der Waals surface area contributed by atoms with E-state index in [4.69, 9.17) is 11.5 Å². The summed E-state index contributed by atoms with van der Waals surface area (Å²) >= 11 is 0. The van der Waals surface area contributed by atoms with Gasteiger partial charge in [-0.05, 0) is 18.2 Å². The third kappa shape index (κ3) is 5.07. The first-order valence-corrected chi connectivity index (χ1v) is 6.17. The molecule has 1 atom stereocenters. The van der Waals surface area contributed by atoms with Crippen LogP contribution in [0.3, 0.4) is 0 Å². The van der Waals surface area contributed by atoms with Crippen molar-refractivity contribution in [3.05, 3.63) is 24.3 Å². The van der Waals surface area contributed by atoms with Crippen LogP contribution in [0.15, 0.2) is 24.3 Å². The summed E-state index contributed by atoms with van der Waals surface area (Å²) in [7, 11) is 0. The van der Waals surface area contributed by atoms with E-state index in [1.807, 2.05) is 0 Å². The minimum absolute atomic E-state index is 0.126. The summed E-state index contributed by atoms with van der Waals surface area (Å²) in [5.41, 5.74) is 11.5. The molecule has 20 heavy (non-hydrogen) atoms. The summed E-state index contributed by atoms with van der Waals surface area (Å²) in [5.74, 6) is -1.28. The minimum atomic E-state index is -0.999. The Balaban J connectivity index is 2.68. The molecule has 0 bridgehead atoms. The molecule has 108 valence electrons. The molecular weight excluding hydrogens is 260 g/mol. The number of nitrogens with one attached hydrogen (secondary N) is 2. The van der Waals surface area contributed by atoms with Crippen molar-refractivity contribution in [2.45, 2.75) is 25.8 Å². The molecule has 7 nitrogen and oxygen atoms in total. The van der Waals surface area contributed by atoms with Crippen molar-refractivity contribution in [1.82, 2.24) is 0 Å². The van der Waals surface area contributed by atoms with Crippen LogP contribution in [0, 0.1) is 0 Å². The van der Waals surface area contributed by atoms with E-state index in [0.717, 1.165) is 0 Å². The largest absolute Gasteiger partial charge is 0.370 e. The van der Waals surface area contributed by atoms with Gasteiger partial charge in [-0.2, -0.15) is 0 Å². The fourth-order valence-electron chi connectivity index (χ4n) is 1.47. The average Bonchev–Trinajstić information content (AvgIpc) is 2.38. The van der Waals surface area contributed by atoms with Gasteiger partial charge in [-0.25, -0.2) is 0 Å². The third-order valence-electron chi connectivity index (χ3n) is 2.49. The topological polar surface area (TPSA) is 127 Å². The van der Waals surface area contributed by atoms with Crippen LogP contribution in [0.2, 0.25) is 0 Å². The van der Waals surface area contributed by atoms with E-state index in [-0.39, 0.29) is 12.3 Å². The molecule has 0 saturated heterocycles. The lowest BCUT2D eigenvalue weighted by molar-refractivity contribution is -0.123. The molecule has 0 aliphatic carbocycles. The fourth-order valence-corrected chi connectivity index (χ4v) is 1.47. The van der Waals surface area contributed by atoms with Gasteiger partial charge in [-0.3, -0.25) is 14.4 Å². The first-order valence-electron chi connectivity index (χ1n) is 6.17. The maximum absolute atomic E-state index is 11.7. The first-order chi connectivity index (χ1) is 9.42. The van der Waals surface area contributed by atoms with Crippen molar-refractivity contribution in [1.29, 1.82) is 0 Å². The Morgan fingerprint density at radius 3 is 2.35 bits per heavy atom. The monoisotopic (exact) mass is 278 g/mol. The maximum atomic E-state index is 11.7. The zero-order valence-electron chi connectivity index (χ0n) is 11.2. The Kier molecular flexibility index (Phi) is 5.67. The van der Waals surface area contributed by atoms with E-state index in [9.17, 15) is 14.4 Å². The summed E-state index contributed by atoms with van der Waals surface area (Å²) in [4.78, 5) is 33.7. The van der Waals surface area contributed by atoms with Gasteiger partial charge in [0, 0.05) is 17.8 Å². The number of amides is 3. The first kappa shape index (κ1) is 15.6. The number of hydrogen-bond donors (Lipinski definition) is 4. The van der Waals surface area contributed by atoms with Crippen LogP contribution >= 0.6 is 0 Å². The van der Waals surface area contributed by atoms with Crippen molar-refractivity contribution in [2.24, 2.45) is 11.5 Å². The molecule has 0 heterocycles. The molecule has 3 amide bonds. The van der Waals surface area contributed by atoms with Crippen molar-refractivity contribution in [3.63, 3.8) is 0 Å². The molecule has 1 aromatic carbocycles. The molecule has 0 aromatic heterocycles. The van der Waals surface area contributed by atoms with Crippen molar-refractivity contribution in [3.8, 4) is 0 Å². The highest BCUT2D eigenvalue weighted by atomic mass is 16.2. The second-order valence-electron chi connectivity index (χ2n) is 4.25. The van der Waals surface area contributed by atoms with Crippen LogP contribution in [0.1, 0.15) is 19.8 Å². The minimum Gasteiger partial charge on any atom is -0.370 e. The number of hydrogen-bond acceptors (Lipinski definition) is 4. The molecule has 1 unspecified atom stereocenters. The molecule has 6 N–H and O–H groups in total. The number of rotatable bonds is 6. The number of carbonyl (C=O) groups excluding carboxylic acids is 3. The molecule has 1 aromatic rings. The van der Waals surface area contributed by atoms with E-state index in [2.05, 4.69) is 10.6 Å². The Labute approximate surface area is 116 Å². The van der Waals surface area contributed by atoms with E-state index >= 15 is 0 Å². The summed E-state index contributed by atoms with van der Waals surface area (Å²) in [6.45, 7) is 1.74. The highest BCUT2D eigenvalue weighted by molar-refractivity contribution is 5.98. The zero-order valence-corrected chi connectivity index (χ0v) is 11.2. The molecule has 0 fully saturated rings. The van der Waals surface area contributed by atoms with Crippen LogP contribution < -0.4 is 22.1 Å². The molecule has 1 rings (SSSR count). The number of nitrogens with two attached hydrogens (primary N) is 2. The molecule has 7 heteroatoms. The quantitative estimate of drug-likeness (QED) is 0.591. The van der Waals surface area contributed by atoms with Gasteiger partial charge in [0.1, 0.15) is 0 Å². The average molecular weight is 278 g/mol. The summed E-state index contributed by atoms with van der Waals surface area (Å²) < 4.78 is 0. The van der Waals surface area contributed by atoms with Gasteiger partial charge in [0.25, 0.3) is 0 Å². The van der Waals surface area contributed by atoms with Gasteiger partial charge in [0.05, 0.1) is 12.5 Å². The van der Waals surface area contributed by atoms with E-state index in [1.54, 1.807) is 31.2 Å². The van der Waals surface area contributed by atoms with Crippen molar-refractivity contribution >= 4 is 29.1 Å². The molecular formula is C13H18N4O3. The lowest BCUT2D eigenvalue weighted by Crippen LogP contribution is -2.39. The number of benzene rings is 1. The second-order valence-corrected chi connectivity index (χ2v) is 4.25. The predicted octanol–water partition coefficient (Wildman–Crippen LogP) is 0.176. The Morgan fingerprint density at radius 2 is 1.80 bits per heavy atom. The zero-order chi connectivity index (χ0) is 15.1. The van der Waals surface area contributed by atoms with Crippen molar-refractivity contribution in [2.75, 3.05) is 10.6 Å². The fraction of sp³-hybridized carbons (Fsp3) is 0.308. The molecule has 0 saturated carbocycles. The Hall–Kier alpha value is -2.41. The molecule has 0 spiro atoms. The normalized spacial score (nSPS) is 11.5. The van der Waals surface area contributed by atoms with E-state index in [1.165, 1.54) is 0 Å². The second kappa shape index (κ2) is 7.25. The van der Waals surface area contributed by atoms with Gasteiger partial charge in [0.15, 0.2) is 0 Å². The maximum Gasteiger partial charge on any atom is 0.241 e. The van der Waals surface area contributed by atoms with Gasteiger partial charge >= 0.3 is 0 Å². The number of anilines is 2. The molecule has 0 radical (unpaired) electrons. The lowest BCUT2D eigenvalue weighted by Gasteiger charge is -2.11. The summed E-state index contributed by atoms with van der Waals surface area (Å²) in [6.07, 6.45) is 0.137. The highest BCUT2D eigenvalue weighted by Crippen LogP contribution is 2.15. The van der Waals surface area contributed by atoms with Crippen LogP contribution in [0.4, 0.5) is 11.4 Å². The summed E-state index contributed by atoms with van der Waals surface area (Å²) in [6, 6.07) is 5.63. The molecule has 0 aliphatic heterocycles. The SMILES string of the molecule is CCC(=O)Nc1cccc(NC(=O)C(N)CC(N)=O)c1. The van der Waals surface area contributed by atoms with Gasteiger partial charge < -0.3 is 22.1 Å². The van der Waals surface area contributed by atoms with Gasteiger partial charge in [0.2, 0.25) is 17.7 Å². The van der Waals surface area contributed by atoms with Gasteiger partial charge in [-0.1, -0.05) is 13.0 Å². The van der Waals surface area contributed by atoms with Crippen LogP contribution in [0.25, 0.3) is 0 Å². The van der Waals surface area contributed by atoms with E-state index in [0.29, 0.717) is 17.8 Å².